The number of hydrogen-bond acceptors (Lipinski definition) is 2. The summed E-state index contributed by atoms with van der Waals surface area (Å²) in [4.78, 5) is 0. The molecule has 0 unspecified atom stereocenters. The maximum Gasteiger partial charge on any atom is 0.116 e. The molecule has 0 amide bonds. The SMILES string of the molecule is C=C(F)/C=C\C(=C)NN. The summed E-state index contributed by atoms with van der Waals surface area (Å²) >= 11 is 0. The zero-order valence-corrected chi connectivity index (χ0v) is 5.02. The standard InChI is InChI=1S/C6H9FN2/c1-5(7)3-4-6(2)9-8/h3-4,9H,1-2,8H2/b4-3-. The van der Waals surface area contributed by atoms with Crippen molar-refractivity contribution in [1.29, 1.82) is 0 Å². The van der Waals surface area contributed by atoms with Crippen LogP contribution < -0.4 is 11.3 Å². The topological polar surface area (TPSA) is 38.0 Å². The number of nitrogens with two attached hydrogens (primary N) is 1. The summed E-state index contributed by atoms with van der Waals surface area (Å²) in [5, 5.41) is 0. The quantitative estimate of drug-likeness (QED) is 0.338. The van der Waals surface area contributed by atoms with Crippen molar-refractivity contribution in [3.63, 3.8) is 0 Å². The second-order valence-electron chi connectivity index (χ2n) is 1.45. The molecule has 0 rings (SSSR count). The van der Waals surface area contributed by atoms with Gasteiger partial charge < -0.3 is 5.43 Å². The van der Waals surface area contributed by atoms with Crippen molar-refractivity contribution in [2.45, 2.75) is 0 Å². The third kappa shape index (κ3) is 4.77. The largest absolute Gasteiger partial charge is 0.325 e. The molecule has 0 aliphatic carbocycles. The molecule has 9 heavy (non-hydrogen) atoms. The van der Waals surface area contributed by atoms with Crippen LogP contribution >= 0.6 is 0 Å². The lowest BCUT2D eigenvalue weighted by Gasteiger charge is -1.93. The van der Waals surface area contributed by atoms with E-state index in [1.165, 1.54) is 12.2 Å². The predicted molar refractivity (Wildman–Crippen MR) is 35.9 cm³/mol. The van der Waals surface area contributed by atoms with Gasteiger partial charge in [0.05, 0.1) is 0 Å². The van der Waals surface area contributed by atoms with Crippen LogP contribution in [-0.2, 0) is 0 Å². The van der Waals surface area contributed by atoms with Crippen molar-refractivity contribution in [3.8, 4) is 0 Å². The van der Waals surface area contributed by atoms with Crippen molar-refractivity contribution in [3.05, 3.63) is 36.8 Å². The molecule has 3 N–H and O–H groups in total. The maximum absolute atomic E-state index is 11.8. The van der Waals surface area contributed by atoms with Crippen molar-refractivity contribution < 1.29 is 4.39 Å². The van der Waals surface area contributed by atoms with Gasteiger partial charge >= 0.3 is 0 Å². The molecule has 0 aliphatic heterocycles. The third-order valence-electron chi connectivity index (χ3n) is 0.651. The van der Waals surface area contributed by atoms with Gasteiger partial charge in [0.2, 0.25) is 0 Å². The molecular formula is C6H9FN2. The van der Waals surface area contributed by atoms with Gasteiger partial charge in [0.25, 0.3) is 0 Å². The maximum atomic E-state index is 11.8. The van der Waals surface area contributed by atoms with Crippen LogP contribution in [0, 0.1) is 0 Å². The van der Waals surface area contributed by atoms with Gasteiger partial charge in [0.15, 0.2) is 0 Å². The van der Waals surface area contributed by atoms with Crippen molar-refractivity contribution in [2.75, 3.05) is 0 Å². The lowest BCUT2D eigenvalue weighted by molar-refractivity contribution is 0.671. The Kier molecular flexibility index (Phi) is 3.39. The molecule has 0 saturated heterocycles. The normalized spacial score (nSPS) is 9.56. The number of nitrogens with one attached hydrogen (secondary N) is 1. The van der Waals surface area contributed by atoms with Gasteiger partial charge in [-0.25, -0.2) is 4.39 Å². The average molecular weight is 128 g/mol. The Morgan fingerprint density at radius 2 is 2.00 bits per heavy atom. The van der Waals surface area contributed by atoms with Crippen LogP contribution in [0.25, 0.3) is 0 Å². The molecular weight excluding hydrogens is 119 g/mol. The van der Waals surface area contributed by atoms with Crippen molar-refractivity contribution in [2.24, 2.45) is 5.84 Å². The van der Waals surface area contributed by atoms with E-state index >= 15 is 0 Å². The molecule has 2 nitrogen and oxygen atoms in total. The molecule has 0 spiro atoms. The van der Waals surface area contributed by atoms with Gasteiger partial charge in [0.1, 0.15) is 5.83 Å². The Morgan fingerprint density at radius 3 is 2.33 bits per heavy atom. The van der Waals surface area contributed by atoms with Gasteiger partial charge in [0, 0.05) is 5.70 Å². The summed E-state index contributed by atoms with van der Waals surface area (Å²) in [7, 11) is 0. The fourth-order valence-electron chi connectivity index (χ4n) is 0.239. The number of allylic oxidation sites excluding steroid dienone is 3. The molecule has 50 valence electrons. The molecule has 3 heteroatoms. The van der Waals surface area contributed by atoms with Gasteiger partial charge in [-0.15, -0.1) is 0 Å². The second kappa shape index (κ2) is 3.86. The minimum Gasteiger partial charge on any atom is -0.325 e. The predicted octanol–water partition coefficient (Wildman–Crippen LogP) is 1.00. The summed E-state index contributed by atoms with van der Waals surface area (Å²) in [6, 6.07) is 0. The summed E-state index contributed by atoms with van der Waals surface area (Å²) in [5.41, 5.74) is 2.67. The van der Waals surface area contributed by atoms with Gasteiger partial charge in [-0.05, 0) is 12.2 Å². The Bertz CT molecular complexity index is 149. The molecule has 0 bridgehead atoms. The van der Waals surface area contributed by atoms with Crippen LogP contribution in [0.5, 0.6) is 0 Å². The first-order valence-electron chi connectivity index (χ1n) is 2.35. The summed E-state index contributed by atoms with van der Waals surface area (Å²) in [6.45, 7) is 6.41. The highest BCUT2D eigenvalue weighted by Gasteiger charge is 1.80. The molecule has 0 aliphatic rings. The zero-order chi connectivity index (χ0) is 7.28. The molecule has 0 radical (unpaired) electrons. The fraction of sp³-hybridized carbons (Fsp3) is 0. The monoisotopic (exact) mass is 128 g/mol. The highest BCUT2D eigenvalue weighted by Crippen LogP contribution is 1.94. The zero-order valence-electron chi connectivity index (χ0n) is 5.02. The minimum atomic E-state index is -0.522. The van der Waals surface area contributed by atoms with Crippen LogP contribution in [0.4, 0.5) is 4.39 Å². The van der Waals surface area contributed by atoms with E-state index in [4.69, 9.17) is 5.84 Å². The first-order chi connectivity index (χ1) is 4.16. The third-order valence-corrected chi connectivity index (χ3v) is 0.651. The second-order valence-corrected chi connectivity index (χ2v) is 1.45. The Balaban J connectivity index is 3.71. The Hall–Kier alpha value is -1.09. The first-order valence-corrected chi connectivity index (χ1v) is 2.35. The van der Waals surface area contributed by atoms with Crippen LogP contribution in [0.15, 0.2) is 36.8 Å². The molecule has 0 saturated carbocycles. The highest BCUT2D eigenvalue weighted by atomic mass is 19.1. The van der Waals surface area contributed by atoms with Crippen LogP contribution in [0.3, 0.4) is 0 Å². The van der Waals surface area contributed by atoms with E-state index in [1.807, 2.05) is 0 Å². The van der Waals surface area contributed by atoms with Gasteiger partial charge in [-0.1, -0.05) is 13.2 Å². The molecule has 0 heterocycles. The van der Waals surface area contributed by atoms with E-state index in [0.29, 0.717) is 5.70 Å². The molecule has 0 fully saturated rings. The lowest BCUT2D eigenvalue weighted by Crippen LogP contribution is -2.18. The Morgan fingerprint density at radius 1 is 1.44 bits per heavy atom. The number of hydrogen-bond donors (Lipinski definition) is 2. The average Bonchev–Trinajstić information content (AvgIpc) is 1.83. The minimum absolute atomic E-state index is 0.439. The summed E-state index contributed by atoms with van der Waals surface area (Å²) in [5.74, 6) is 4.38. The molecule has 0 aromatic heterocycles. The molecule has 0 aromatic rings. The molecule has 0 atom stereocenters. The van der Waals surface area contributed by atoms with E-state index in [1.54, 1.807) is 0 Å². The van der Waals surface area contributed by atoms with Gasteiger partial charge in [-0.3, -0.25) is 5.84 Å². The van der Waals surface area contributed by atoms with E-state index < -0.39 is 5.83 Å². The van der Waals surface area contributed by atoms with E-state index in [0.717, 1.165) is 0 Å². The number of hydrazine groups is 1. The number of rotatable bonds is 3. The van der Waals surface area contributed by atoms with E-state index in [2.05, 4.69) is 18.6 Å². The smallest absolute Gasteiger partial charge is 0.116 e. The van der Waals surface area contributed by atoms with Crippen molar-refractivity contribution in [1.82, 2.24) is 5.43 Å². The summed E-state index contributed by atoms with van der Waals surface area (Å²) < 4.78 is 11.8. The van der Waals surface area contributed by atoms with Crippen LogP contribution in [0.2, 0.25) is 0 Å². The van der Waals surface area contributed by atoms with Crippen LogP contribution in [-0.4, -0.2) is 0 Å². The lowest BCUT2D eigenvalue weighted by atomic mass is 10.4. The van der Waals surface area contributed by atoms with E-state index in [-0.39, 0.29) is 0 Å². The van der Waals surface area contributed by atoms with Crippen LogP contribution in [0.1, 0.15) is 0 Å². The first kappa shape index (κ1) is 7.91. The Labute approximate surface area is 53.5 Å². The van der Waals surface area contributed by atoms with E-state index in [9.17, 15) is 4.39 Å². The molecule has 0 aromatic carbocycles. The van der Waals surface area contributed by atoms with Gasteiger partial charge in [-0.2, -0.15) is 0 Å². The van der Waals surface area contributed by atoms with Crippen molar-refractivity contribution >= 4 is 0 Å². The fourth-order valence-corrected chi connectivity index (χ4v) is 0.239. The highest BCUT2D eigenvalue weighted by molar-refractivity contribution is 5.18. The summed E-state index contributed by atoms with van der Waals surface area (Å²) in [6.07, 6.45) is 2.56. The number of halogens is 1.